The monoisotopic (exact) mass is 284 g/mol. The van der Waals surface area contributed by atoms with Crippen LogP contribution in [0.4, 0.5) is 11.4 Å². The summed E-state index contributed by atoms with van der Waals surface area (Å²) < 4.78 is 24.7. The zero-order valence-corrected chi connectivity index (χ0v) is 12.8. The maximum absolute atomic E-state index is 11.1. The van der Waals surface area contributed by atoms with Crippen LogP contribution in [0.5, 0.6) is 0 Å². The van der Waals surface area contributed by atoms with Crippen LogP contribution in [0.25, 0.3) is 0 Å². The fourth-order valence-corrected chi connectivity index (χ4v) is 2.48. The van der Waals surface area contributed by atoms with E-state index >= 15 is 0 Å². The molecule has 0 bridgehead atoms. The van der Waals surface area contributed by atoms with Gasteiger partial charge in [-0.15, -0.1) is 0 Å². The molecule has 1 rings (SSSR count). The largest absolute Gasteiger partial charge is 0.382 e. The molecule has 5 heteroatoms. The van der Waals surface area contributed by atoms with Crippen LogP contribution < -0.4 is 10.0 Å². The Morgan fingerprint density at radius 2 is 1.68 bits per heavy atom. The van der Waals surface area contributed by atoms with Crippen LogP contribution in [0.2, 0.25) is 0 Å². The summed E-state index contributed by atoms with van der Waals surface area (Å²) in [5.74, 6) is 0. The third kappa shape index (κ3) is 6.47. The molecule has 0 radical (unpaired) electrons. The highest BCUT2D eigenvalue weighted by Gasteiger charge is 2.06. The van der Waals surface area contributed by atoms with Gasteiger partial charge in [0.15, 0.2) is 0 Å². The first-order chi connectivity index (χ1) is 8.94. The van der Waals surface area contributed by atoms with Gasteiger partial charge in [-0.25, -0.2) is 8.42 Å². The van der Waals surface area contributed by atoms with Crippen LogP contribution in [-0.4, -0.2) is 20.7 Å². The molecular formula is C14H24N2O2S. The normalized spacial score (nSPS) is 13.0. The molecule has 1 aromatic carbocycles. The number of unbranched alkanes of at least 4 members (excludes halogenated alkanes) is 1. The van der Waals surface area contributed by atoms with E-state index < -0.39 is 10.0 Å². The second kappa shape index (κ2) is 7.38. The molecule has 0 heterocycles. The van der Waals surface area contributed by atoms with E-state index in [1.165, 1.54) is 12.8 Å². The summed E-state index contributed by atoms with van der Waals surface area (Å²) in [6, 6.07) is 7.84. The number of anilines is 2. The summed E-state index contributed by atoms with van der Waals surface area (Å²) in [5, 5.41) is 3.48. The van der Waals surface area contributed by atoms with E-state index in [4.69, 9.17) is 0 Å². The van der Waals surface area contributed by atoms with Crippen molar-refractivity contribution in [1.82, 2.24) is 0 Å². The standard InChI is InChI=1S/C14H24N2O2S/c1-4-6-7-12(5-2)15-13-8-10-14(11-9-13)16-19(3,17)18/h8-12,15-16H,4-7H2,1-3H3. The van der Waals surface area contributed by atoms with Gasteiger partial charge in [0, 0.05) is 17.4 Å². The number of nitrogens with one attached hydrogen (secondary N) is 2. The molecule has 0 aliphatic heterocycles. The van der Waals surface area contributed by atoms with Crippen molar-refractivity contribution in [3.63, 3.8) is 0 Å². The Morgan fingerprint density at radius 3 is 2.16 bits per heavy atom. The van der Waals surface area contributed by atoms with Gasteiger partial charge in [-0.3, -0.25) is 4.72 Å². The van der Waals surface area contributed by atoms with Crippen molar-refractivity contribution in [3.05, 3.63) is 24.3 Å². The molecule has 0 saturated heterocycles. The minimum atomic E-state index is -3.20. The van der Waals surface area contributed by atoms with Crippen molar-refractivity contribution in [3.8, 4) is 0 Å². The molecule has 4 nitrogen and oxygen atoms in total. The molecule has 0 spiro atoms. The lowest BCUT2D eigenvalue weighted by Crippen LogP contribution is -2.18. The molecule has 0 fully saturated rings. The maximum atomic E-state index is 11.1. The van der Waals surface area contributed by atoms with E-state index in [0.29, 0.717) is 11.7 Å². The van der Waals surface area contributed by atoms with Gasteiger partial charge in [-0.2, -0.15) is 0 Å². The number of benzene rings is 1. The molecule has 0 aliphatic rings. The highest BCUT2D eigenvalue weighted by atomic mass is 32.2. The summed E-state index contributed by atoms with van der Waals surface area (Å²) in [4.78, 5) is 0. The van der Waals surface area contributed by atoms with Gasteiger partial charge in [-0.1, -0.05) is 26.7 Å². The maximum Gasteiger partial charge on any atom is 0.229 e. The van der Waals surface area contributed by atoms with Crippen molar-refractivity contribution in [2.24, 2.45) is 0 Å². The third-order valence-electron chi connectivity index (χ3n) is 2.96. The minimum Gasteiger partial charge on any atom is -0.382 e. The van der Waals surface area contributed by atoms with Crippen molar-refractivity contribution in [2.45, 2.75) is 45.6 Å². The van der Waals surface area contributed by atoms with E-state index in [9.17, 15) is 8.42 Å². The number of rotatable bonds is 8. The lowest BCUT2D eigenvalue weighted by Gasteiger charge is -2.18. The first-order valence-electron chi connectivity index (χ1n) is 6.79. The Morgan fingerprint density at radius 1 is 1.11 bits per heavy atom. The fraction of sp³-hybridized carbons (Fsp3) is 0.571. The van der Waals surface area contributed by atoms with Crippen LogP contribution >= 0.6 is 0 Å². The molecule has 1 atom stereocenters. The van der Waals surface area contributed by atoms with Crippen molar-refractivity contribution in [2.75, 3.05) is 16.3 Å². The zero-order valence-electron chi connectivity index (χ0n) is 11.9. The topological polar surface area (TPSA) is 58.2 Å². The molecule has 0 aromatic heterocycles. The van der Waals surface area contributed by atoms with Gasteiger partial charge in [0.05, 0.1) is 6.26 Å². The molecule has 0 saturated carbocycles. The Labute approximate surface area is 116 Å². The second-order valence-electron chi connectivity index (χ2n) is 4.84. The van der Waals surface area contributed by atoms with Crippen molar-refractivity contribution in [1.29, 1.82) is 0 Å². The van der Waals surface area contributed by atoms with Gasteiger partial charge in [0.25, 0.3) is 0 Å². The van der Waals surface area contributed by atoms with E-state index in [1.807, 2.05) is 12.1 Å². The van der Waals surface area contributed by atoms with E-state index in [-0.39, 0.29) is 0 Å². The molecule has 1 unspecified atom stereocenters. The highest BCUT2D eigenvalue weighted by molar-refractivity contribution is 7.92. The van der Waals surface area contributed by atoms with E-state index in [0.717, 1.165) is 24.8 Å². The average molecular weight is 284 g/mol. The van der Waals surface area contributed by atoms with Gasteiger partial charge in [0.1, 0.15) is 0 Å². The predicted molar refractivity (Wildman–Crippen MR) is 82.1 cm³/mol. The van der Waals surface area contributed by atoms with Crippen LogP contribution in [0.3, 0.4) is 0 Å². The van der Waals surface area contributed by atoms with Crippen LogP contribution in [0.1, 0.15) is 39.5 Å². The lowest BCUT2D eigenvalue weighted by atomic mass is 10.1. The minimum absolute atomic E-state index is 0.480. The Kier molecular flexibility index (Phi) is 6.15. The molecule has 2 N–H and O–H groups in total. The molecule has 1 aromatic rings. The first-order valence-corrected chi connectivity index (χ1v) is 8.68. The summed E-state index contributed by atoms with van der Waals surface area (Å²) in [6.07, 6.45) is 5.82. The van der Waals surface area contributed by atoms with E-state index in [2.05, 4.69) is 23.9 Å². The molecule has 108 valence electrons. The molecule has 0 amide bonds. The quantitative estimate of drug-likeness (QED) is 0.769. The van der Waals surface area contributed by atoms with Gasteiger partial charge in [0.2, 0.25) is 10.0 Å². The zero-order chi connectivity index (χ0) is 14.3. The van der Waals surface area contributed by atoms with Crippen molar-refractivity contribution < 1.29 is 8.42 Å². The third-order valence-corrected chi connectivity index (χ3v) is 3.56. The Bertz CT molecular complexity index is 469. The molecule has 0 aliphatic carbocycles. The van der Waals surface area contributed by atoms with Crippen molar-refractivity contribution >= 4 is 21.4 Å². The van der Waals surface area contributed by atoms with Crippen LogP contribution in [0, 0.1) is 0 Å². The SMILES string of the molecule is CCCCC(CC)Nc1ccc(NS(C)(=O)=O)cc1. The Balaban J connectivity index is 2.60. The smallest absolute Gasteiger partial charge is 0.229 e. The Hall–Kier alpha value is -1.23. The lowest BCUT2D eigenvalue weighted by molar-refractivity contribution is 0.593. The fourth-order valence-electron chi connectivity index (χ4n) is 1.91. The number of sulfonamides is 1. The molecular weight excluding hydrogens is 260 g/mol. The van der Waals surface area contributed by atoms with Gasteiger partial charge < -0.3 is 5.32 Å². The summed E-state index contributed by atoms with van der Waals surface area (Å²) in [6.45, 7) is 4.37. The summed E-state index contributed by atoms with van der Waals surface area (Å²) in [7, 11) is -3.20. The first kappa shape index (κ1) is 15.8. The number of hydrogen-bond acceptors (Lipinski definition) is 3. The van der Waals surface area contributed by atoms with Gasteiger partial charge in [-0.05, 0) is 37.1 Å². The summed E-state index contributed by atoms with van der Waals surface area (Å²) in [5.41, 5.74) is 1.62. The highest BCUT2D eigenvalue weighted by Crippen LogP contribution is 2.17. The predicted octanol–water partition coefficient (Wildman–Crippen LogP) is 3.44. The average Bonchev–Trinajstić information content (AvgIpc) is 2.34. The van der Waals surface area contributed by atoms with Gasteiger partial charge >= 0.3 is 0 Å². The van der Waals surface area contributed by atoms with Crippen LogP contribution in [-0.2, 0) is 10.0 Å². The van der Waals surface area contributed by atoms with Crippen LogP contribution in [0.15, 0.2) is 24.3 Å². The number of hydrogen-bond donors (Lipinski definition) is 2. The second-order valence-corrected chi connectivity index (χ2v) is 6.59. The van der Waals surface area contributed by atoms with E-state index in [1.54, 1.807) is 12.1 Å². The summed E-state index contributed by atoms with van der Waals surface area (Å²) >= 11 is 0. The molecule has 19 heavy (non-hydrogen) atoms.